The first-order valence-corrected chi connectivity index (χ1v) is 4.46. The van der Waals surface area contributed by atoms with Crippen LogP contribution >= 0.6 is 0 Å². The Morgan fingerprint density at radius 1 is 1.50 bits per heavy atom. The molecule has 0 saturated carbocycles. The van der Waals surface area contributed by atoms with Crippen molar-refractivity contribution in [2.75, 3.05) is 19.6 Å². The molecule has 0 aromatic rings. The summed E-state index contributed by atoms with van der Waals surface area (Å²) in [7, 11) is 0. The van der Waals surface area contributed by atoms with Crippen molar-refractivity contribution in [3.8, 4) is 0 Å². The molecule has 0 radical (unpaired) electrons. The van der Waals surface area contributed by atoms with Crippen molar-refractivity contribution in [2.45, 2.75) is 31.7 Å². The van der Waals surface area contributed by atoms with Crippen LogP contribution in [0.5, 0.6) is 0 Å². The van der Waals surface area contributed by atoms with Crippen LogP contribution in [-0.2, 0) is 0 Å². The number of hydrogen-bond donors (Lipinski definition) is 1. The Hall–Kier alpha value is -0.220. The highest BCUT2D eigenvalue weighted by Gasteiger charge is 2.23. The maximum Gasteiger partial charge on any atom is 0.239 e. The molecule has 0 aliphatic carbocycles. The van der Waals surface area contributed by atoms with E-state index in [-0.39, 0.29) is 6.42 Å². The van der Waals surface area contributed by atoms with E-state index in [0.29, 0.717) is 19.1 Å². The van der Waals surface area contributed by atoms with Crippen molar-refractivity contribution in [1.82, 2.24) is 4.90 Å². The normalized spacial score (nSPS) is 25.5. The Morgan fingerprint density at radius 3 is 2.83 bits per heavy atom. The van der Waals surface area contributed by atoms with Crippen LogP contribution in [-0.4, -0.2) is 37.0 Å². The lowest BCUT2D eigenvalue weighted by molar-refractivity contribution is 0.113. The fourth-order valence-corrected chi connectivity index (χ4v) is 1.72. The van der Waals surface area contributed by atoms with Crippen LogP contribution in [0.4, 0.5) is 8.78 Å². The lowest BCUT2D eigenvalue weighted by Crippen LogP contribution is -2.36. The summed E-state index contributed by atoms with van der Waals surface area (Å²) < 4.78 is 23.7. The largest absolute Gasteiger partial charge is 0.329 e. The summed E-state index contributed by atoms with van der Waals surface area (Å²) in [5.41, 5.74) is 5.50. The lowest BCUT2D eigenvalue weighted by atomic mass is 10.2. The highest BCUT2D eigenvalue weighted by atomic mass is 19.3. The third kappa shape index (κ3) is 2.68. The average Bonchev–Trinajstić information content (AvgIpc) is 2.47. The van der Waals surface area contributed by atoms with Crippen molar-refractivity contribution < 1.29 is 8.78 Å². The molecule has 0 aromatic carbocycles. The molecular weight excluding hydrogens is 162 g/mol. The van der Waals surface area contributed by atoms with Crippen LogP contribution in [0.2, 0.25) is 0 Å². The fraction of sp³-hybridized carbons (Fsp3) is 1.00. The molecule has 0 bridgehead atoms. The fourth-order valence-electron chi connectivity index (χ4n) is 1.72. The second kappa shape index (κ2) is 4.72. The zero-order chi connectivity index (χ0) is 8.97. The minimum Gasteiger partial charge on any atom is -0.329 e. The van der Waals surface area contributed by atoms with E-state index in [1.165, 1.54) is 0 Å². The van der Waals surface area contributed by atoms with E-state index in [9.17, 15) is 8.78 Å². The van der Waals surface area contributed by atoms with E-state index < -0.39 is 6.43 Å². The van der Waals surface area contributed by atoms with E-state index in [2.05, 4.69) is 4.90 Å². The van der Waals surface area contributed by atoms with Crippen molar-refractivity contribution in [2.24, 2.45) is 5.73 Å². The number of alkyl halides is 2. The van der Waals surface area contributed by atoms with Gasteiger partial charge in [0.05, 0.1) is 0 Å². The summed E-state index contributed by atoms with van der Waals surface area (Å²) in [4.78, 5) is 2.08. The van der Waals surface area contributed by atoms with Gasteiger partial charge in [0, 0.05) is 25.6 Å². The van der Waals surface area contributed by atoms with Gasteiger partial charge in [-0.05, 0) is 19.4 Å². The van der Waals surface area contributed by atoms with Crippen molar-refractivity contribution >= 4 is 0 Å². The number of hydrogen-bond acceptors (Lipinski definition) is 2. The van der Waals surface area contributed by atoms with E-state index >= 15 is 0 Å². The van der Waals surface area contributed by atoms with Gasteiger partial charge in [-0.3, -0.25) is 4.90 Å². The molecule has 1 atom stereocenters. The molecule has 1 aliphatic heterocycles. The predicted molar refractivity (Wildman–Crippen MR) is 44.3 cm³/mol. The quantitative estimate of drug-likeness (QED) is 0.697. The SMILES string of the molecule is NCC1CCCN1CCC(F)F. The summed E-state index contributed by atoms with van der Waals surface area (Å²) in [6.45, 7) is 2.04. The maximum atomic E-state index is 11.9. The van der Waals surface area contributed by atoms with Crippen molar-refractivity contribution in [3.63, 3.8) is 0 Å². The second-order valence-corrected chi connectivity index (χ2v) is 3.25. The monoisotopic (exact) mass is 178 g/mol. The predicted octanol–water partition coefficient (Wildman–Crippen LogP) is 1.06. The topological polar surface area (TPSA) is 29.3 Å². The zero-order valence-electron chi connectivity index (χ0n) is 7.18. The van der Waals surface area contributed by atoms with Crippen LogP contribution in [0.15, 0.2) is 0 Å². The molecule has 0 amide bonds. The molecule has 2 nitrogen and oxygen atoms in total. The Morgan fingerprint density at radius 2 is 2.25 bits per heavy atom. The van der Waals surface area contributed by atoms with Gasteiger partial charge in [0.15, 0.2) is 0 Å². The Balaban J connectivity index is 2.21. The number of nitrogens with zero attached hydrogens (tertiary/aromatic N) is 1. The van der Waals surface area contributed by atoms with Gasteiger partial charge >= 0.3 is 0 Å². The summed E-state index contributed by atoms with van der Waals surface area (Å²) in [5, 5.41) is 0. The van der Waals surface area contributed by atoms with Crippen LogP contribution in [0.25, 0.3) is 0 Å². The maximum absolute atomic E-state index is 11.9. The second-order valence-electron chi connectivity index (χ2n) is 3.25. The van der Waals surface area contributed by atoms with Gasteiger partial charge in [-0.2, -0.15) is 0 Å². The molecule has 12 heavy (non-hydrogen) atoms. The molecule has 1 fully saturated rings. The summed E-state index contributed by atoms with van der Waals surface area (Å²) >= 11 is 0. The molecule has 4 heteroatoms. The van der Waals surface area contributed by atoms with E-state index in [1.54, 1.807) is 0 Å². The van der Waals surface area contributed by atoms with E-state index in [4.69, 9.17) is 5.73 Å². The minimum absolute atomic E-state index is 0.0174. The Kier molecular flexibility index (Phi) is 3.88. The summed E-state index contributed by atoms with van der Waals surface area (Å²) in [6, 6.07) is 0.351. The smallest absolute Gasteiger partial charge is 0.239 e. The molecule has 1 saturated heterocycles. The summed E-state index contributed by atoms with van der Waals surface area (Å²) in [6.07, 6.45) is -0.0227. The van der Waals surface area contributed by atoms with Gasteiger partial charge in [-0.25, -0.2) is 8.78 Å². The lowest BCUT2D eigenvalue weighted by Gasteiger charge is -2.22. The van der Waals surface area contributed by atoms with Crippen LogP contribution in [0.1, 0.15) is 19.3 Å². The van der Waals surface area contributed by atoms with Gasteiger partial charge < -0.3 is 5.73 Å². The Labute approximate surface area is 71.7 Å². The van der Waals surface area contributed by atoms with Crippen LogP contribution < -0.4 is 5.73 Å². The number of halogens is 2. The van der Waals surface area contributed by atoms with E-state index in [1.807, 2.05) is 0 Å². The first-order valence-electron chi connectivity index (χ1n) is 4.46. The van der Waals surface area contributed by atoms with Crippen molar-refractivity contribution in [3.05, 3.63) is 0 Å². The van der Waals surface area contributed by atoms with Gasteiger partial charge in [0.25, 0.3) is 0 Å². The van der Waals surface area contributed by atoms with Gasteiger partial charge in [-0.15, -0.1) is 0 Å². The van der Waals surface area contributed by atoms with Crippen LogP contribution in [0.3, 0.4) is 0 Å². The van der Waals surface area contributed by atoms with Crippen molar-refractivity contribution in [1.29, 1.82) is 0 Å². The molecule has 1 aliphatic rings. The minimum atomic E-state index is -2.18. The van der Waals surface area contributed by atoms with Gasteiger partial charge in [-0.1, -0.05) is 0 Å². The third-order valence-corrected chi connectivity index (χ3v) is 2.41. The number of rotatable bonds is 4. The highest BCUT2D eigenvalue weighted by molar-refractivity contribution is 4.79. The molecule has 0 aromatic heterocycles. The molecule has 1 rings (SSSR count). The average molecular weight is 178 g/mol. The third-order valence-electron chi connectivity index (χ3n) is 2.41. The molecule has 1 heterocycles. The van der Waals surface area contributed by atoms with E-state index in [0.717, 1.165) is 19.4 Å². The first-order chi connectivity index (χ1) is 5.74. The molecule has 2 N–H and O–H groups in total. The highest BCUT2D eigenvalue weighted by Crippen LogP contribution is 2.16. The van der Waals surface area contributed by atoms with Gasteiger partial charge in [0.2, 0.25) is 6.43 Å². The van der Waals surface area contributed by atoms with Gasteiger partial charge in [0.1, 0.15) is 0 Å². The molecular formula is C8H16F2N2. The summed E-state index contributed by atoms with van der Waals surface area (Å²) in [5.74, 6) is 0. The molecule has 0 spiro atoms. The number of nitrogens with two attached hydrogens (primary N) is 1. The number of likely N-dealkylation sites (tertiary alicyclic amines) is 1. The molecule has 72 valence electrons. The first kappa shape index (κ1) is 9.86. The Bertz CT molecular complexity index is 130. The molecule has 1 unspecified atom stereocenters. The standard InChI is InChI=1S/C8H16F2N2/c9-8(10)3-5-12-4-1-2-7(12)6-11/h7-8H,1-6,11H2. The van der Waals surface area contributed by atoms with Crippen LogP contribution in [0, 0.1) is 0 Å². The zero-order valence-corrected chi connectivity index (χ0v) is 7.18.